The number of phenolic OH excluding ortho intramolecular Hbond substituents is 1. The minimum atomic E-state index is 0.285. The molecule has 0 bridgehead atoms. The number of nitrogens with one attached hydrogen (secondary N) is 1. The number of fused-ring (bicyclic) bond motifs is 1. The van der Waals surface area contributed by atoms with Gasteiger partial charge in [0.2, 0.25) is 0 Å². The topological polar surface area (TPSA) is 57.0 Å². The summed E-state index contributed by atoms with van der Waals surface area (Å²) in [6, 6.07) is 19.9. The summed E-state index contributed by atoms with van der Waals surface area (Å²) >= 11 is 0. The maximum absolute atomic E-state index is 9.54. The van der Waals surface area contributed by atoms with E-state index in [9.17, 15) is 5.11 Å². The Kier molecular flexibility index (Phi) is 4.34. The van der Waals surface area contributed by atoms with Crippen LogP contribution in [0.5, 0.6) is 5.75 Å². The van der Waals surface area contributed by atoms with Crippen LogP contribution in [0.25, 0.3) is 21.9 Å². The lowest BCUT2D eigenvalue weighted by Crippen LogP contribution is -2.04. The smallest absolute Gasteiger partial charge is 0.134 e. The predicted molar refractivity (Wildman–Crippen MR) is 95.9 cm³/mol. The number of nitrogens with zero attached hydrogens (tertiary/aromatic N) is 2. The van der Waals surface area contributed by atoms with E-state index in [1.165, 1.54) is 6.34 Å². The summed E-state index contributed by atoms with van der Waals surface area (Å²) in [6.45, 7) is 3.96. The highest BCUT2D eigenvalue weighted by molar-refractivity contribution is 5.88. The number of benzene rings is 3. The molecule has 0 amide bonds. The molecule has 0 aliphatic heterocycles. The summed E-state index contributed by atoms with van der Waals surface area (Å²) in [4.78, 5) is 3.55. The molecule has 0 atom stereocenters. The van der Waals surface area contributed by atoms with Crippen LogP contribution in [-0.2, 0) is 6.54 Å². The molecule has 0 aromatic heterocycles. The monoisotopic (exact) mass is 303 g/mol. The van der Waals surface area contributed by atoms with Crippen LogP contribution >= 0.6 is 0 Å². The van der Waals surface area contributed by atoms with Crippen molar-refractivity contribution in [3.05, 3.63) is 66.2 Å². The van der Waals surface area contributed by atoms with Gasteiger partial charge in [-0.25, -0.2) is 0 Å². The number of hydrogen-bond donors (Lipinski definition) is 2. The number of hydrogen-bond acceptors (Lipinski definition) is 3. The molecule has 0 saturated carbocycles. The molecule has 3 aromatic carbocycles. The first-order chi connectivity index (χ1) is 11.3. The Morgan fingerprint density at radius 3 is 2.61 bits per heavy atom. The molecule has 0 spiro atoms. The van der Waals surface area contributed by atoms with Gasteiger partial charge < -0.3 is 10.5 Å². The van der Waals surface area contributed by atoms with Crippen molar-refractivity contribution < 1.29 is 5.11 Å². The van der Waals surface area contributed by atoms with Crippen LogP contribution < -0.4 is 5.43 Å². The molecule has 4 nitrogen and oxygen atoms in total. The molecule has 23 heavy (non-hydrogen) atoms. The van der Waals surface area contributed by atoms with E-state index < -0.39 is 0 Å². The van der Waals surface area contributed by atoms with Crippen molar-refractivity contribution in [3.63, 3.8) is 0 Å². The van der Waals surface area contributed by atoms with Gasteiger partial charge in [0.05, 0.1) is 6.54 Å². The highest BCUT2D eigenvalue weighted by Gasteiger charge is 2.02. The van der Waals surface area contributed by atoms with Gasteiger partial charge in [-0.15, -0.1) is 0 Å². The molecule has 0 aliphatic carbocycles. The molecular weight excluding hydrogens is 286 g/mol. The van der Waals surface area contributed by atoms with Gasteiger partial charge in [-0.05, 0) is 58.4 Å². The summed E-state index contributed by atoms with van der Waals surface area (Å²) < 4.78 is 0. The fourth-order valence-corrected chi connectivity index (χ4v) is 2.49. The molecule has 0 radical (unpaired) electrons. The fourth-order valence-electron chi connectivity index (χ4n) is 2.49. The van der Waals surface area contributed by atoms with E-state index in [-0.39, 0.29) is 5.75 Å². The van der Waals surface area contributed by atoms with Gasteiger partial charge in [-0.3, -0.25) is 4.99 Å². The lowest BCUT2D eigenvalue weighted by Gasteiger charge is -2.07. The molecule has 0 saturated heterocycles. The van der Waals surface area contributed by atoms with Gasteiger partial charge in [0.25, 0.3) is 0 Å². The van der Waals surface area contributed by atoms with Crippen molar-refractivity contribution >= 4 is 23.8 Å². The van der Waals surface area contributed by atoms with Crippen LogP contribution in [0.2, 0.25) is 0 Å². The minimum Gasteiger partial charge on any atom is -0.508 e. The molecule has 0 heterocycles. The van der Waals surface area contributed by atoms with Crippen molar-refractivity contribution in [1.29, 1.82) is 0 Å². The standard InChI is InChI=1S/C19H17N3O/c1-20-13-22-21-12-14-3-2-4-15(9-14)16-5-6-18-11-19(23)8-7-17(18)10-16/h2-11,13,21,23H,1,12H2/b22-13-. The Morgan fingerprint density at radius 1 is 0.957 bits per heavy atom. The van der Waals surface area contributed by atoms with Crippen LogP contribution in [0.3, 0.4) is 0 Å². The second-order valence-electron chi connectivity index (χ2n) is 5.21. The van der Waals surface area contributed by atoms with Gasteiger partial charge in [0.15, 0.2) is 0 Å². The fraction of sp³-hybridized carbons (Fsp3) is 0.0526. The minimum absolute atomic E-state index is 0.285. The molecule has 0 aliphatic rings. The van der Waals surface area contributed by atoms with Crippen LogP contribution in [0.1, 0.15) is 5.56 Å². The third kappa shape index (κ3) is 3.55. The zero-order valence-electron chi connectivity index (χ0n) is 12.6. The molecular formula is C19H17N3O. The largest absolute Gasteiger partial charge is 0.508 e. The second kappa shape index (κ2) is 6.75. The zero-order chi connectivity index (χ0) is 16.1. The Hall–Kier alpha value is -3.14. The normalized spacial score (nSPS) is 11.0. The van der Waals surface area contributed by atoms with Gasteiger partial charge in [0, 0.05) is 0 Å². The molecule has 3 aromatic rings. The van der Waals surface area contributed by atoms with Crippen LogP contribution in [0.4, 0.5) is 0 Å². The number of phenols is 1. The van der Waals surface area contributed by atoms with Crippen molar-refractivity contribution in [1.82, 2.24) is 5.43 Å². The number of aromatic hydroxyl groups is 1. The summed E-state index contributed by atoms with van der Waals surface area (Å²) in [5, 5.41) is 15.6. The summed E-state index contributed by atoms with van der Waals surface area (Å²) in [5.41, 5.74) is 6.34. The van der Waals surface area contributed by atoms with Crippen molar-refractivity contribution in [2.45, 2.75) is 6.54 Å². The van der Waals surface area contributed by atoms with E-state index in [1.807, 2.05) is 24.3 Å². The average Bonchev–Trinajstić information content (AvgIpc) is 2.58. The predicted octanol–water partition coefficient (Wildman–Crippen LogP) is 3.95. The molecule has 0 unspecified atom stereocenters. The number of aliphatic imine (C=N–C) groups is 1. The van der Waals surface area contributed by atoms with Crippen molar-refractivity contribution in [3.8, 4) is 16.9 Å². The Labute approximate surface area is 134 Å². The van der Waals surface area contributed by atoms with Crippen LogP contribution in [0.15, 0.2) is 70.8 Å². The molecule has 2 N–H and O–H groups in total. The van der Waals surface area contributed by atoms with E-state index in [1.54, 1.807) is 12.1 Å². The third-order valence-corrected chi connectivity index (χ3v) is 3.60. The maximum Gasteiger partial charge on any atom is 0.134 e. The van der Waals surface area contributed by atoms with Gasteiger partial charge in [-0.1, -0.05) is 36.4 Å². The number of rotatable bonds is 5. The van der Waals surface area contributed by atoms with E-state index in [2.05, 4.69) is 46.5 Å². The lowest BCUT2D eigenvalue weighted by atomic mass is 9.99. The first kappa shape index (κ1) is 14.8. The van der Waals surface area contributed by atoms with Gasteiger partial charge >= 0.3 is 0 Å². The number of hydrazone groups is 1. The molecule has 4 heteroatoms. The van der Waals surface area contributed by atoms with E-state index in [0.717, 1.165) is 27.5 Å². The highest BCUT2D eigenvalue weighted by Crippen LogP contribution is 2.27. The Balaban J connectivity index is 1.87. The second-order valence-corrected chi connectivity index (χ2v) is 5.21. The Morgan fingerprint density at radius 2 is 1.74 bits per heavy atom. The van der Waals surface area contributed by atoms with Gasteiger partial charge in [-0.2, -0.15) is 5.10 Å². The SMILES string of the molecule is C=N/C=N\NCc1cccc(-c2ccc3cc(O)ccc3c2)c1. The van der Waals surface area contributed by atoms with E-state index in [4.69, 9.17) is 0 Å². The van der Waals surface area contributed by atoms with E-state index >= 15 is 0 Å². The van der Waals surface area contributed by atoms with Crippen molar-refractivity contribution in [2.24, 2.45) is 10.1 Å². The quantitative estimate of drug-likeness (QED) is 0.426. The highest BCUT2D eigenvalue weighted by atomic mass is 16.3. The van der Waals surface area contributed by atoms with Crippen molar-refractivity contribution in [2.75, 3.05) is 0 Å². The molecule has 3 rings (SSSR count). The third-order valence-electron chi connectivity index (χ3n) is 3.60. The average molecular weight is 303 g/mol. The Bertz CT molecular complexity index is 871. The first-order valence-electron chi connectivity index (χ1n) is 7.28. The lowest BCUT2D eigenvalue weighted by molar-refractivity contribution is 0.476. The summed E-state index contributed by atoms with van der Waals surface area (Å²) in [6.07, 6.45) is 1.38. The zero-order valence-corrected chi connectivity index (χ0v) is 12.6. The maximum atomic E-state index is 9.54. The molecule has 0 fully saturated rings. The first-order valence-corrected chi connectivity index (χ1v) is 7.28. The molecule has 114 valence electrons. The van der Waals surface area contributed by atoms with Gasteiger partial charge in [0.1, 0.15) is 12.1 Å². The summed E-state index contributed by atoms with van der Waals surface area (Å²) in [5.74, 6) is 0.285. The van der Waals surface area contributed by atoms with E-state index in [0.29, 0.717) is 6.54 Å². The summed E-state index contributed by atoms with van der Waals surface area (Å²) in [7, 11) is 0. The van der Waals surface area contributed by atoms with Crippen LogP contribution in [-0.4, -0.2) is 18.2 Å². The van der Waals surface area contributed by atoms with Crippen LogP contribution in [0, 0.1) is 0 Å².